The SMILES string of the molecule is CCc1ccccc1NC(=O)CN(C)C(=O)[C@H]1CNC[C@@H]1c1cnn(C)c1.Cl. The Hall–Kier alpha value is -2.38. The third-order valence-electron chi connectivity index (χ3n) is 5.11. The molecule has 0 aliphatic carbocycles. The molecule has 1 saturated heterocycles. The zero-order chi connectivity index (χ0) is 19.4. The van der Waals surface area contributed by atoms with Gasteiger partial charge < -0.3 is 15.5 Å². The van der Waals surface area contributed by atoms with Crippen molar-refractivity contribution in [2.24, 2.45) is 13.0 Å². The molecule has 0 spiro atoms. The standard InChI is InChI=1S/C20H27N5O2.ClH/c1-4-14-7-5-6-8-18(14)23-19(26)13-24(2)20(27)17-11-21-10-16(17)15-9-22-25(3)12-15;/h5-9,12,16-17,21H,4,10-11,13H2,1-3H3,(H,23,26);1H/t16-,17+;/m1./s1. The van der Waals surface area contributed by atoms with Crippen LogP contribution in [-0.2, 0) is 23.1 Å². The summed E-state index contributed by atoms with van der Waals surface area (Å²) >= 11 is 0. The molecule has 2 aromatic rings. The number of anilines is 1. The molecule has 0 unspecified atom stereocenters. The molecule has 2 N–H and O–H groups in total. The van der Waals surface area contributed by atoms with Crippen molar-refractivity contribution >= 4 is 29.9 Å². The van der Waals surface area contributed by atoms with Crippen LogP contribution in [0.4, 0.5) is 5.69 Å². The number of nitrogens with zero attached hydrogens (tertiary/aromatic N) is 3. The van der Waals surface area contributed by atoms with E-state index >= 15 is 0 Å². The van der Waals surface area contributed by atoms with Crippen LogP contribution >= 0.6 is 12.4 Å². The Morgan fingerprint density at radius 1 is 1.32 bits per heavy atom. The smallest absolute Gasteiger partial charge is 0.243 e. The molecule has 1 aliphatic heterocycles. The van der Waals surface area contributed by atoms with Gasteiger partial charge in [0, 0.05) is 45.0 Å². The van der Waals surface area contributed by atoms with Crippen LogP contribution in [0.15, 0.2) is 36.7 Å². The van der Waals surface area contributed by atoms with Gasteiger partial charge in [-0.15, -0.1) is 12.4 Å². The van der Waals surface area contributed by atoms with E-state index in [-0.39, 0.29) is 42.6 Å². The maximum atomic E-state index is 12.9. The number of likely N-dealkylation sites (N-methyl/N-ethyl adjacent to an activating group) is 1. The van der Waals surface area contributed by atoms with Gasteiger partial charge in [0.05, 0.1) is 18.7 Å². The van der Waals surface area contributed by atoms with Crippen molar-refractivity contribution in [2.75, 3.05) is 32.0 Å². The van der Waals surface area contributed by atoms with E-state index < -0.39 is 0 Å². The van der Waals surface area contributed by atoms with Crippen LogP contribution in [0.5, 0.6) is 0 Å². The van der Waals surface area contributed by atoms with Gasteiger partial charge in [0.2, 0.25) is 11.8 Å². The van der Waals surface area contributed by atoms with Gasteiger partial charge in [-0.05, 0) is 23.6 Å². The van der Waals surface area contributed by atoms with E-state index in [1.165, 1.54) is 4.90 Å². The summed E-state index contributed by atoms with van der Waals surface area (Å²) in [5, 5.41) is 10.4. The lowest BCUT2D eigenvalue weighted by Crippen LogP contribution is -2.40. The fraction of sp³-hybridized carbons (Fsp3) is 0.450. The zero-order valence-corrected chi connectivity index (χ0v) is 17.3. The minimum atomic E-state index is -0.185. The Bertz CT molecular complexity index is 822. The van der Waals surface area contributed by atoms with Crippen molar-refractivity contribution < 1.29 is 9.59 Å². The number of aryl methyl sites for hydroxylation is 2. The molecular weight excluding hydrogens is 378 g/mol. The Kier molecular flexibility index (Phi) is 7.60. The van der Waals surface area contributed by atoms with Crippen LogP contribution in [0, 0.1) is 5.92 Å². The molecule has 1 fully saturated rings. The summed E-state index contributed by atoms with van der Waals surface area (Å²) in [6.45, 7) is 3.44. The van der Waals surface area contributed by atoms with Crippen molar-refractivity contribution in [3.8, 4) is 0 Å². The normalized spacial score (nSPS) is 18.4. The van der Waals surface area contributed by atoms with Crippen molar-refractivity contribution in [1.82, 2.24) is 20.0 Å². The number of nitrogens with one attached hydrogen (secondary N) is 2. The Morgan fingerprint density at radius 2 is 2.07 bits per heavy atom. The molecule has 2 atom stereocenters. The summed E-state index contributed by atoms with van der Waals surface area (Å²) in [5.74, 6) is -0.309. The molecule has 152 valence electrons. The number of halogens is 1. The lowest BCUT2D eigenvalue weighted by atomic mass is 9.90. The predicted octanol–water partition coefficient (Wildman–Crippen LogP) is 1.80. The molecule has 8 heteroatoms. The van der Waals surface area contributed by atoms with Crippen LogP contribution in [0.1, 0.15) is 24.0 Å². The second-order valence-electron chi connectivity index (χ2n) is 7.07. The molecule has 2 heterocycles. The first-order valence-electron chi connectivity index (χ1n) is 9.31. The van der Waals surface area contributed by atoms with Crippen molar-refractivity contribution in [3.63, 3.8) is 0 Å². The van der Waals surface area contributed by atoms with Gasteiger partial charge in [-0.1, -0.05) is 25.1 Å². The molecule has 1 aromatic carbocycles. The highest BCUT2D eigenvalue weighted by atomic mass is 35.5. The molecular formula is C20H28ClN5O2. The van der Waals surface area contributed by atoms with E-state index in [2.05, 4.69) is 15.7 Å². The van der Waals surface area contributed by atoms with E-state index in [9.17, 15) is 9.59 Å². The zero-order valence-electron chi connectivity index (χ0n) is 16.5. The minimum Gasteiger partial charge on any atom is -0.336 e. The molecule has 1 aliphatic rings. The van der Waals surface area contributed by atoms with Crippen LogP contribution in [0.2, 0.25) is 0 Å². The van der Waals surface area contributed by atoms with E-state index in [0.29, 0.717) is 6.54 Å². The van der Waals surface area contributed by atoms with Gasteiger partial charge in [0.15, 0.2) is 0 Å². The molecule has 28 heavy (non-hydrogen) atoms. The van der Waals surface area contributed by atoms with Crippen LogP contribution < -0.4 is 10.6 Å². The average molecular weight is 406 g/mol. The molecule has 0 saturated carbocycles. The van der Waals surface area contributed by atoms with Crippen molar-refractivity contribution in [1.29, 1.82) is 0 Å². The number of hydrogen-bond donors (Lipinski definition) is 2. The number of para-hydroxylation sites is 1. The van der Waals surface area contributed by atoms with E-state index in [4.69, 9.17) is 0 Å². The summed E-state index contributed by atoms with van der Waals surface area (Å²) in [5.41, 5.74) is 2.94. The minimum absolute atomic E-state index is 0. The molecule has 0 radical (unpaired) electrons. The third kappa shape index (κ3) is 4.91. The second kappa shape index (κ2) is 9.71. The van der Waals surface area contributed by atoms with E-state index in [1.807, 2.05) is 50.6 Å². The molecule has 2 amide bonds. The quantitative estimate of drug-likeness (QED) is 0.768. The summed E-state index contributed by atoms with van der Waals surface area (Å²) in [6.07, 6.45) is 4.60. The summed E-state index contributed by atoms with van der Waals surface area (Å²) < 4.78 is 1.75. The number of aromatic nitrogens is 2. The summed E-state index contributed by atoms with van der Waals surface area (Å²) in [7, 11) is 3.56. The van der Waals surface area contributed by atoms with Crippen LogP contribution in [0.3, 0.4) is 0 Å². The lowest BCUT2D eigenvalue weighted by Gasteiger charge is -2.24. The Labute approximate surface area is 171 Å². The van der Waals surface area contributed by atoms with Crippen LogP contribution in [0.25, 0.3) is 0 Å². The molecule has 1 aromatic heterocycles. The van der Waals surface area contributed by atoms with Gasteiger partial charge in [0.1, 0.15) is 0 Å². The van der Waals surface area contributed by atoms with Gasteiger partial charge in [-0.2, -0.15) is 5.10 Å². The molecule has 7 nitrogen and oxygen atoms in total. The van der Waals surface area contributed by atoms with Gasteiger partial charge >= 0.3 is 0 Å². The van der Waals surface area contributed by atoms with Crippen molar-refractivity contribution in [3.05, 3.63) is 47.8 Å². The first-order valence-corrected chi connectivity index (χ1v) is 9.31. The highest BCUT2D eigenvalue weighted by molar-refractivity contribution is 5.95. The van der Waals surface area contributed by atoms with Gasteiger partial charge in [-0.3, -0.25) is 14.3 Å². The topological polar surface area (TPSA) is 79.3 Å². The average Bonchev–Trinajstić information content (AvgIpc) is 3.30. The Balaban J connectivity index is 0.00000280. The monoisotopic (exact) mass is 405 g/mol. The number of hydrogen-bond acceptors (Lipinski definition) is 4. The van der Waals surface area contributed by atoms with Crippen LogP contribution in [-0.4, -0.2) is 53.2 Å². The number of carbonyl (C=O) groups is 2. The number of benzene rings is 1. The maximum absolute atomic E-state index is 12.9. The molecule has 3 rings (SSSR count). The second-order valence-corrected chi connectivity index (χ2v) is 7.07. The highest BCUT2D eigenvalue weighted by Crippen LogP contribution is 2.29. The number of amides is 2. The Morgan fingerprint density at radius 3 is 2.75 bits per heavy atom. The van der Waals surface area contributed by atoms with Gasteiger partial charge in [0.25, 0.3) is 0 Å². The third-order valence-corrected chi connectivity index (χ3v) is 5.11. The first kappa shape index (κ1) is 21.9. The fourth-order valence-electron chi connectivity index (χ4n) is 3.64. The first-order chi connectivity index (χ1) is 13.0. The fourth-order valence-corrected chi connectivity index (χ4v) is 3.64. The predicted molar refractivity (Wildman–Crippen MR) is 112 cm³/mol. The summed E-state index contributed by atoms with van der Waals surface area (Å²) in [4.78, 5) is 26.9. The van der Waals surface area contributed by atoms with Gasteiger partial charge in [-0.25, -0.2) is 0 Å². The van der Waals surface area contributed by atoms with E-state index in [1.54, 1.807) is 11.7 Å². The number of carbonyl (C=O) groups excluding carboxylic acids is 2. The highest BCUT2D eigenvalue weighted by Gasteiger charge is 2.36. The van der Waals surface area contributed by atoms with E-state index in [0.717, 1.165) is 29.8 Å². The van der Waals surface area contributed by atoms with Crippen molar-refractivity contribution in [2.45, 2.75) is 19.3 Å². The lowest BCUT2D eigenvalue weighted by molar-refractivity contribution is -0.136. The maximum Gasteiger partial charge on any atom is 0.243 e. The summed E-state index contributed by atoms with van der Waals surface area (Å²) in [6, 6.07) is 7.73. The largest absolute Gasteiger partial charge is 0.336 e. The molecule has 0 bridgehead atoms. The number of rotatable bonds is 6.